The average molecular weight is 384 g/mol. The number of hydrogen-bond acceptors (Lipinski definition) is 7. The summed E-state index contributed by atoms with van der Waals surface area (Å²) in [7, 11) is 1.54. The van der Waals surface area contributed by atoms with Gasteiger partial charge in [-0.3, -0.25) is 4.79 Å². The standard InChI is InChI=1S/C15H11F3N4O3S/c1-24-9-4-2-8(3-5-9)13-22-21-12(25-13)7-26-14-19-10(15(16,17)18)6-11(23)20-14/h2-6H,7H2,1H3,(H,19,20,23). The van der Waals surface area contributed by atoms with Gasteiger partial charge in [-0.2, -0.15) is 13.2 Å². The van der Waals surface area contributed by atoms with Gasteiger partial charge >= 0.3 is 6.18 Å². The van der Waals surface area contributed by atoms with Crippen LogP contribution in [0.15, 0.2) is 44.7 Å². The zero-order chi connectivity index (χ0) is 18.7. The molecule has 0 radical (unpaired) electrons. The highest BCUT2D eigenvalue weighted by Gasteiger charge is 2.33. The van der Waals surface area contributed by atoms with E-state index in [0.717, 1.165) is 11.8 Å². The molecule has 0 atom stereocenters. The molecule has 11 heteroatoms. The number of nitrogens with one attached hydrogen (secondary N) is 1. The number of thioether (sulfide) groups is 1. The predicted molar refractivity (Wildman–Crippen MR) is 85.7 cm³/mol. The highest BCUT2D eigenvalue weighted by atomic mass is 32.2. The monoisotopic (exact) mass is 384 g/mol. The second kappa shape index (κ2) is 7.20. The Bertz CT molecular complexity index is 954. The van der Waals surface area contributed by atoms with Crippen LogP contribution in [0, 0.1) is 0 Å². The second-order valence-corrected chi connectivity index (χ2v) is 5.92. The van der Waals surface area contributed by atoms with Crippen LogP contribution in [0.25, 0.3) is 11.5 Å². The first kappa shape index (κ1) is 18.0. The van der Waals surface area contributed by atoms with E-state index >= 15 is 0 Å². The highest BCUT2D eigenvalue weighted by molar-refractivity contribution is 7.98. The summed E-state index contributed by atoms with van der Waals surface area (Å²) in [6, 6.07) is 7.32. The minimum absolute atomic E-state index is 0.0490. The third-order valence-corrected chi connectivity index (χ3v) is 4.00. The minimum atomic E-state index is -4.70. The number of ether oxygens (including phenoxy) is 1. The van der Waals surface area contributed by atoms with Crippen molar-refractivity contribution in [3.63, 3.8) is 0 Å². The molecule has 2 heterocycles. The lowest BCUT2D eigenvalue weighted by atomic mass is 10.2. The topological polar surface area (TPSA) is 93.9 Å². The summed E-state index contributed by atoms with van der Waals surface area (Å²) in [5.74, 6) is 1.16. The SMILES string of the molecule is COc1ccc(-c2nnc(CSc3nc(C(F)(F)F)cc(=O)[nH]3)o2)cc1. The number of hydrogen-bond donors (Lipinski definition) is 1. The molecule has 0 aliphatic rings. The Morgan fingerprint density at radius 1 is 1.23 bits per heavy atom. The summed E-state index contributed by atoms with van der Waals surface area (Å²) < 4.78 is 48.6. The van der Waals surface area contributed by atoms with E-state index in [1.54, 1.807) is 31.4 Å². The molecule has 0 saturated heterocycles. The van der Waals surface area contributed by atoms with Crippen molar-refractivity contribution < 1.29 is 22.3 Å². The Kier molecular flexibility index (Phi) is 4.98. The molecule has 0 bridgehead atoms. The number of nitrogens with zero attached hydrogens (tertiary/aromatic N) is 3. The number of benzene rings is 1. The molecule has 3 aromatic rings. The Morgan fingerprint density at radius 2 is 1.96 bits per heavy atom. The van der Waals surface area contributed by atoms with Gasteiger partial charge in [0.2, 0.25) is 11.8 Å². The lowest BCUT2D eigenvalue weighted by Gasteiger charge is -2.06. The Labute approximate surface area is 148 Å². The number of methoxy groups -OCH3 is 1. The molecular weight excluding hydrogens is 373 g/mol. The Hall–Kier alpha value is -2.82. The third kappa shape index (κ3) is 4.23. The van der Waals surface area contributed by atoms with Crippen LogP contribution in [-0.2, 0) is 11.9 Å². The van der Waals surface area contributed by atoms with Crippen LogP contribution in [-0.4, -0.2) is 27.3 Å². The van der Waals surface area contributed by atoms with Crippen LogP contribution in [0.5, 0.6) is 5.75 Å². The lowest BCUT2D eigenvalue weighted by Crippen LogP contribution is -2.16. The van der Waals surface area contributed by atoms with Crippen LogP contribution in [0.4, 0.5) is 13.2 Å². The molecule has 0 fully saturated rings. The quantitative estimate of drug-likeness (QED) is 0.533. The molecule has 1 N–H and O–H groups in total. The molecule has 0 amide bonds. The maximum Gasteiger partial charge on any atom is 0.433 e. The fourth-order valence-electron chi connectivity index (χ4n) is 1.94. The number of aromatic nitrogens is 4. The molecule has 2 aromatic heterocycles. The number of alkyl halides is 3. The molecule has 0 aliphatic heterocycles. The van der Waals surface area contributed by atoms with Gasteiger partial charge in [-0.05, 0) is 24.3 Å². The van der Waals surface area contributed by atoms with Crippen molar-refractivity contribution >= 4 is 11.8 Å². The van der Waals surface area contributed by atoms with E-state index in [1.165, 1.54) is 0 Å². The van der Waals surface area contributed by atoms with Crippen molar-refractivity contribution in [1.29, 1.82) is 0 Å². The van der Waals surface area contributed by atoms with E-state index in [-0.39, 0.29) is 22.7 Å². The number of aromatic amines is 1. The zero-order valence-electron chi connectivity index (χ0n) is 13.2. The first-order valence-corrected chi connectivity index (χ1v) is 8.12. The fraction of sp³-hybridized carbons (Fsp3) is 0.200. The summed E-state index contributed by atoms with van der Waals surface area (Å²) in [5.41, 5.74) is -1.48. The number of rotatable bonds is 5. The van der Waals surface area contributed by atoms with Gasteiger partial charge in [-0.25, -0.2) is 4.98 Å². The Morgan fingerprint density at radius 3 is 2.62 bits per heavy atom. The van der Waals surface area contributed by atoms with E-state index in [2.05, 4.69) is 20.2 Å². The minimum Gasteiger partial charge on any atom is -0.497 e. The zero-order valence-corrected chi connectivity index (χ0v) is 14.0. The van der Waals surface area contributed by atoms with Crippen LogP contribution in [0.3, 0.4) is 0 Å². The van der Waals surface area contributed by atoms with Crippen LogP contribution in [0.2, 0.25) is 0 Å². The van der Waals surface area contributed by atoms with Crippen LogP contribution >= 0.6 is 11.8 Å². The maximum absolute atomic E-state index is 12.7. The number of halogens is 3. The molecule has 0 saturated carbocycles. The summed E-state index contributed by atoms with van der Waals surface area (Å²) in [6.45, 7) is 0. The predicted octanol–water partition coefficient (Wildman–Crippen LogP) is 3.14. The van der Waals surface area contributed by atoms with Gasteiger partial charge in [0, 0.05) is 11.6 Å². The van der Waals surface area contributed by atoms with E-state index in [1.807, 2.05) is 0 Å². The third-order valence-electron chi connectivity index (χ3n) is 3.15. The fourth-order valence-corrected chi connectivity index (χ4v) is 2.65. The van der Waals surface area contributed by atoms with Gasteiger partial charge in [0.15, 0.2) is 10.9 Å². The van der Waals surface area contributed by atoms with Gasteiger partial charge in [0.1, 0.15) is 5.75 Å². The molecule has 0 aliphatic carbocycles. The molecule has 0 spiro atoms. The van der Waals surface area contributed by atoms with E-state index in [9.17, 15) is 18.0 Å². The summed E-state index contributed by atoms with van der Waals surface area (Å²) >= 11 is 0.850. The van der Waals surface area contributed by atoms with Gasteiger partial charge in [-0.15, -0.1) is 10.2 Å². The average Bonchev–Trinajstić information content (AvgIpc) is 3.08. The van der Waals surface area contributed by atoms with Crippen molar-refractivity contribution in [3.05, 3.63) is 52.3 Å². The molecule has 1 aromatic carbocycles. The van der Waals surface area contributed by atoms with E-state index < -0.39 is 17.4 Å². The van der Waals surface area contributed by atoms with Crippen molar-refractivity contribution in [2.75, 3.05) is 7.11 Å². The molecule has 0 unspecified atom stereocenters. The van der Waals surface area contributed by atoms with Crippen molar-refractivity contribution in [2.24, 2.45) is 0 Å². The number of H-pyrrole nitrogens is 1. The first-order valence-electron chi connectivity index (χ1n) is 7.13. The normalized spacial score (nSPS) is 11.5. The smallest absolute Gasteiger partial charge is 0.433 e. The molecule has 136 valence electrons. The summed E-state index contributed by atoms with van der Waals surface area (Å²) in [5, 5.41) is 7.53. The highest BCUT2D eigenvalue weighted by Crippen LogP contribution is 2.28. The van der Waals surface area contributed by atoms with Crippen LogP contribution < -0.4 is 10.3 Å². The van der Waals surface area contributed by atoms with Gasteiger partial charge in [0.25, 0.3) is 5.56 Å². The molecular formula is C15H11F3N4O3S. The largest absolute Gasteiger partial charge is 0.497 e. The lowest BCUT2D eigenvalue weighted by molar-refractivity contribution is -0.141. The summed E-state index contributed by atoms with van der Waals surface area (Å²) in [4.78, 5) is 17.0. The van der Waals surface area contributed by atoms with Crippen molar-refractivity contribution in [2.45, 2.75) is 17.1 Å². The molecule has 7 nitrogen and oxygen atoms in total. The molecule has 26 heavy (non-hydrogen) atoms. The molecule has 3 rings (SSSR count). The van der Waals surface area contributed by atoms with Crippen molar-refractivity contribution in [3.8, 4) is 17.2 Å². The van der Waals surface area contributed by atoms with E-state index in [0.29, 0.717) is 17.4 Å². The Balaban J connectivity index is 1.72. The van der Waals surface area contributed by atoms with Gasteiger partial charge < -0.3 is 14.1 Å². The second-order valence-electron chi connectivity index (χ2n) is 4.95. The van der Waals surface area contributed by atoms with Crippen LogP contribution in [0.1, 0.15) is 11.6 Å². The maximum atomic E-state index is 12.7. The summed E-state index contributed by atoms with van der Waals surface area (Å²) in [6.07, 6.45) is -4.70. The van der Waals surface area contributed by atoms with Gasteiger partial charge in [-0.1, -0.05) is 11.8 Å². The van der Waals surface area contributed by atoms with Gasteiger partial charge in [0.05, 0.1) is 12.9 Å². The van der Waals surface area contributed by atoms with Crippen molar-refractivity contribution in [1.82, 2.24) is 20.2 Å². The first-order chi connectivity index (χ1) is 12.3. The van der Waals surface area contributed by atoms with E-state index in [4.69, 9.17) is 9.15 Å².